The maximum atomic E-state index is 13.9. The van der Waals surface area contributed by atoms with Gasteiger partial charge in [0.25, 0.3) is 0 Å². The number of rotatable bonds is 9. The summed E-state index contributed by atoms with van der Waals surface area (Å²) in [5, 5.41) is 3.36. The van der Waals surface area contributed by atoms with Gasteiger partial charge in [0, 0.05) is 12.1 Å². The van der Waals surface area contributed by atoms with Crippen LogP contribution in [0.2, 0.25) is 0 Å². The van der Waals surface area contributed by atoms with Crippen molar-refractivity contribution in [1.82, 2.24) is 15.2 Å². The Kier molecular flexibility index (Phi) is 7.93. The summed E-state index contributed by atoms with van der Waals surface area (Å²) in [5.74, 6) is 1.68. The molecule has 33 heavy (non-hydrogen) atoms. The van der Waals surface area contributed by atoms with Crippen LogP contribution in [0.4, 0.5) is 0 Å². The Morgan fingerprint density at radius 3 is 2.52 bits per heavy atom. The van der Waals surface area contributed by atoms with Crippen molar-refractivity contribution in [1.29, 1.82) is 0 Å². The third kappa shape index (κ3) is 5.90. The maximum absolute atomic E-state index is 13.9. The summed E-state index contributed by atoms with van der Waals surface area (Å²) in [4.78, 5) is 20.4. The van der Waals surface area contributed by atoms with E-state index in [1.807, 2.05) is 77.7 Å². The van der Waals surface area contributed by atoms with E-state index in [9.17, 15) is 4.79 Å². The lowest BCUT2D eigenvalue weighted by atomic mass is 9.93. The molecule has 0 aliphatic carbocycles. The standard InChI is InChI=1S/C27H31N3O3/c1-32-24-11-7-8-22(20-24)26(25-12-5-6-15-29-25)30(27(31)21-13-16-28-17-14-21)18-19-33-23-9-3-2-4-10-23/h2-12,15,20-21,26,28H,13-14,16-19H2,1H3/t26-/m1/s1. The number of hydrogen-bond acceptors (Lipinski definition) is 5. The van der Waals surface area contributed by atoms with Crippen molar-refractivity contribution >= 4 is 5.91 Å². The molecule has 0 radical (unpaired) electrons. The van der Waals surface area contributed by atoms with Crippen molar-refractivity contribution in [3.63, 3.8) is 0 Å². The van der Waals surface area contributed by atoms with Crippen molar-refractivity contribution in [2.75, 3.05) is 33.4 Å². The smallest absolute Gasteiger partial charge is 0.226 e. The fourth-order valence-electron chi connectivity index (χ4n) is 4.31. The van der Waals surface area contributed by atoms with Crippen LogP contribution < -0.4 is 14.8 Å². The lowest BCUT2D eigenvalue weighted by Crippen LogP contribution is -2.45. The largest absolute Gasteiger partial charge is 0.497 e. The second-order valence-electron chi connectivity index (χ2n) is 8.15. The number of nitrogens with zero attached hydrogens (tertiary/aromatic N) is 2. The van der Waals surface area contributed by atoms with Gasteiger partial charge in [-0.3, -0.25) is 9.78 Å². The Balaban J connectivity index is 1.67. The molecular formula is C27H31N3O3. The molecule has 6 nitrogen and oxygen atoms in total. The highest BCUT2D eigenvalue weighted by Gasteiger charge is 2.33. The number of ether oxygens (including phenoxy) is 2. The molecule has 2 heterocycles. The molecule has 4 rings (SSSR count). The van der Waals surface area contributed by atoms with Crippen LogP contribution in [-0.2, 0) is 4.79 Å². The SMILES string of the molecule is COc1cccc([C@H](c2ccccn2)N(CCOc2ccccc2)C(=O)C2CCNCC2)c1. The van der Waals surface area contributed by atoms with Crippen molar-refractivity contribution in [2.24, 2.45) is 5.92 Å². The minimum Gasteiger partial charge on any atom is -0.497 e. The molecule has 0 saturated carbocycles. The van der Waals surface area contributed by atoms with Gasteiger partial charge < -0.3 is 19.7 Å². The zero-order valence-corrected chi connectivity index (χ0v) is 19.0. The van der Waals surface area contributed by atoms with Crippen LogP contribution in [-0.4, -0.2) is 49.1 Å². The number of nitrogens with one attached hydrogen (secondary N) is 1. The molecule has 2 aromatic carbocycles. The summed E-state index contributed by atoms with van der Waals surface area (Å²) in [6, 6.07) is 23.1. The second kappa shape index (κ2) is 11.5. The minimum absolute atomic E-state index is 0.0141. The summed E-state index contributed by atoms with van der Waals surface area (Å²) >= 11 is 0. The van der Waals surface area contributed by atoms with Gasteiger partial charge in [-0.25, -0.2) is 0 Å². The van der Waals surface area contributed by atoms with E-state index in [0.29, 0.717) is 13.2 Å². The molecule has 1 aliphatic rings. The average molecular weight is 446 g/mol. The zero-order chi connectivity index (χ0) is 22.9. The van der Waals surface area contributed by atoms with Crippen LogP contribution in [0.3, 0.4) is 0 Å². The molecule has 1 N–H and O–H groups in total. The number of carbonyl (C=O) groups excluding carboxylic acids is 1. The molecule has 1 aromatic heterocycles. The van der Waals surface area contributed by atoms with E-state index in [2.05, 4.69) is 10.3 Å². The van der Waals surface area contributed by atoms with Crippen LogP contribution in [0.1, 0.15) is 30.1 Å². The number of carbonyl (C=O) groups is 1. The number of aromatic nitrogens is 1. The molecule has 6 heteroatoms. The Morgan fingerprint density at radius 2 is 1.79 bits per heavy atom. The second-order valence-corrected chi connectivity index (χ2v) is 8.15. The van der Waals surface area contributed by atoms with E-state index < -0.39 is 0 Å². The Labute approximate surface area is 195 Å². The lowest BCUT2D eigenvalue weighted by Gasteiger charge is -2.35. The number of piperidine rings is 1. The van der Waals surface area contributed by atoms with E-state index in [4.69, 9.17) is 9.47 Å². The van der Waals surface area contributed by atoms with Crippen molar-refractivity contribution in [2.45, 2.75) is 18.9 Å². The van der Waals surface area contributed by atoms with Crippen LogP contribution in [0.5, 0.6) is 11.5 Å². The van der Waals surface area contributed by atoms with Gasteiger partial charge in [-0.2, -0.15) is 0 Å². The Hall–Kier alpha value is -3.38. The van der Waals surface area contributed by atoms with Crippen LogP contribution in [0.25, 0.3) is 0 Å². The number of para-hydroxylation sites is 1. The molecule has 1 atom stereocenters. The quantitative estimate of drug-likeness (QED) is 0.538. The fraction of sp³-hybridized carbons (Fsp3) is 0.333. The molecule has 0 unspecified atom stereocenters. The highest BCUT2D eigenvalue weighted by Crippen LogP contribution is 2.32. The normalized spacial score (nSPS) is 14.9. The molecule has 0 spiro atoms. The first kappa shape index (κ1) is 22.8. The molecule has 1 aliphatic heterocycles. The highest BCUT2D eigenvalue weighted by molar-refractivity contribution is 5.80. The van der Waals surface area contributed by atoms with E-state index in [-0.39, 0.29) is 17.9 Å². The van der Waals surface area contributed by atoms with Crippen LogP contribution >= 0.6 is 0 Å². The van der Waals surface area contributed by atoms with Crippen molar-refractivity contribution in [3.8, 4) is 11.5 Å². The molecule has 172 valence electrons. The van der Waals surface area contributed by atoms with Gasteiger partial charge in [-0.15, -0.1) is 0 Å². The van der Waals surface area contributed by atoms with Gasteiger partial charge in [-0.1, -0.05) is 36.4 Å². The van der Waals surface area contributed by atoms with Gasteiger partial charge in [0.1, 0.15) is 18.1 Å². The molecular weight excluding hydrogens is 414 g/mol. The first-order valence-corrected chi connectivity index (χ1v) is 11.5. The van der Waals surface area contributed by atoms with E-state index in [1.165, 1.54) is 0 Å². The summed E-state index contributed by atoms with van der Waals surface area (Å²) < 4.78 is 11.5. The first-order valence-electron chi connectivity index (χ1n) is 11.5. The average Bonchev–Trinajstić information content (AvgIpc) is 2.89. The zero-order valence-electron chi connectivity index (χ0n) is 19.0. The van der Waals surface area contributed by atoms with Crippen LogP contribution in [0.15, 0.2) is 79.0 Å². The molecule has 1 fully saturated rings. The molecule has 1 amide bonds. The summed E-state index contributed by atoms with van der Waals surface area (Å²) in [5.41, 5.74) is 1.79. The van der Waals surface area contributed by atoms with E-state index in [1.54, 1.807) is 13.3 Å². The third-order valence-corrected chi connectivity index (χ3v) is 6.00. The van der Waals surface area contributed by atoms with Gasteiger partial charge >= 0.3 is 0 Å². The molecule has 3 aromatic rings. The minimum atomic E-state index is -0.331. The number of methoxy groups -OCH3 is 1. The molecule has 1 saturated heterocycles. The monoisotopic (exact) mass is 445 g/mol. The van der Waals surface area contributed by atoms with Gasteiger partial charge in [0.2, 0.25) is 5.91 Å². The van der Waals surface area contributed by atoms with Gasteiger partial charge in [0.05, 0.1) is 25.4 Å². The molecule has 0 bridgehead atoms. The van der Waals surface area contributed by atoms with Gasteiger partial charge in [-0.05, 0) is 67.9 Å². The number of pyridine rings is 1. The van der Waals surface area contributed by atoms with E-state index >= 15 is 0 Å². The predicted octanol–water partition coefficient (Wildman–Crippen LogP) is 4.09. The summed E-state index contributed by atoms with van der Waals surface area (Å²) in [6.07, 6.45) is 3.44. The number of benzene rings is 2. The topological polar surface area (TPSA) is 63.7 Å². The summed E-state index contributed by atoms with van der Waals surface area (Å²) in [7, 11) is 1.65. The summed E-state index contributed by atoms with van der Waals surface area (Å²) in [6.45, 7) is 2.57. The van der Waals surface area contributed by atoms with Crippen LogP contribution in [0, 0.1) is 5.92 Å². The highest BCUT2D eigenvalue weighted by atomic mass is 16.5. The number of amides is 1. The van der Waals surface area contributed by atoms with Gasteiger partial charge in [0.15, 0.2) is 0 Å². The lowest BCUT2D eigenvalue weighted by molar-refractivity contribution is -0.138. The van der Waals surface area contributed by atoms with E-state index in [0.717, 1.165) is 48.7 Å². The van der Waals surface area contributed by atoms with Crippen molar-refractivity contribution < 1.29 is 14.3 Å². The fourth-order valence-corrected chi connectivity index (χ4v) is 4.31. The Morgan fingerprint density at radius 1 is 1.03 bits per heavy atom. The maximum Gasteiger partial charge on any atom is 0.226 e. The van der Waals surface area contributed by atoms with Crippen molar-refractivity contribution in [3.05, 3.63) is 90.3 Å². The number of hydrogen-bond donors (Lipinski definition) is 1. The Bertz CT molecular complexity index is 1010. The predicted molar refractivity (Wildman–Crippen MR) is 128 cm³/mol. The third-order valence-electron chi connectivity index (χ3n) is 6.00. The first-order chi connectivity index (χ1) is 16.3.